The van der Waals surface area contributed by atoms with Crippen LogP contribution in [0.25, 0.3) is 132 Å². The Hall–Kier alpha value is -8.79. The summed E-state index contributed by atoms with van der Waals surface area (Å²) in [5, 5.41) is 13.1. The summed E-state index contributed by atoms with van der Waals surface area (Å²) in [7, 11) is 0. The number of rotatable bonds is 6. The fourth-order valence-electron chi connectivity index (χ4n) is 10.1. The van der Waals surface area contributed by atoms with Crippen LogP contribution in [0, 0.1) is 0 Å². The molecule has 0 aliphatic rings. The van der Waals surface area contributed by atoms with E-state index < -0.39 is 0 Å². The molecule has 13 rings (SSSR count). The number of hydrogen-bond donors (Lipinski definition) is 0. The van der Waals surface area contributed by atoms with Crippen LogP contribution in [0.2, 0.25) is 0 Å². The van der Waals surface area contributed by atoms with Crippen molar-refractivity contribution in [1.29, 1.82) is 0 Å². The minimum atomic E-state index is 0.688. The van der Waals surface area contributed by atoms with Gasteiger partial charge >= 0.3 is 0 Å². The van der Waals surface area contributed by atoms with E-state index in [9.17, 15) is 0 Å². The number of aromatic nitrogens is 3. The molecule has 0 bridgehead atoms. The zero-order valence-electron chi connectivity index (χ0n) is 35.9. The zero-order chi connectivity index (χ0) is 43.6. The maximum atomic E-state index is 5.70. The van der Waals surface area contributed by atoms with Gasteiger partial charge in [0.05, 0.1) is 22.6 Å². The van der Waals surface area contributed by atoms with Crippen molar-refractivity contribution in [2.45, 2.75) is 0 Å². The molecule has 0 fully saturated rings. The summed E-state index contributed by atoms with van der Waals surface area (Å²) in [5.74, 6) is 0.688. The van der Waals surface area contributed by atoms with Crippen LogP contribution in [0.5, 0.6) is 0 Å². The molecule has 0 unspecified atom stereocenters. The van der Waals surface area contributed by atoms with Gasteiger partial charge in [-0.1, -0.05) is 206 Å². The van der Waals surface area contributed by atoms with Crippen molar-refractivity contribution >= 4 is 64.8 Å². The van der Waals surface area contributed by atoms with E-state index in [-0.39, 0.29) is 0 Å². The van der Waals surface area contributed by atoms with Crippen molar-refractivity contribution in [2.75, 3.05) is 0 Å². The number of nitrogens with zero attached hydrogens (tertiary/aromatic N) is 3. The van der Waals surface area contributed by atoms with Crippen LogP contribution in [0.1, 0.15) is 0 Å². The first kappa shape index (κ1) is 37.7. The van der Waals surface area contributed by atoms with Gasteiger partial charge in [0.15, 0.2) is 5.82 Å². The molecule has 3 nitrogen and oxygen atoms in total. The Balaban J connectivity index is 1.05. The molecule has 2 heterocycles. The minimum absolute atomic E-state index is 0.688. The molecule has 3 heteroatoms. The molecule has 0 spiro atoms. The maximum Gasteiger partial charge on any atom is 0.160 e. The third kappa shape index (κ3) is 6.32. The fourth-order valence-corrected chi connectivity index (χ4v) is 10.1. The van der Waals surface area contributed by atoms with Crippen LogP contribution >= 0.6 is 0 Å². The SMILES string of the molecule is c1ccc(-c2cc(-c3ccccc3)nc(-c3ccc(-c4cc5c(-c6cc7ccccc7c7ccccc67)cc(-c6cc7ccccc7c7ccccc67)nc5c5ccccc45)cc3)n2)cc1. The molecule has 0 aliphatic carbocycles. The van der Waals surface area contributed by atoms with Crippen molar-refractivity contribution < 1.29 is 0 Å². The first-order valence-electron chi connectivity index (χ1n) is 22.5. The van der Waals surface area contributed by atoms with Crippen LogP contribution in [-0.2, 0) is 0 Å². The third-order valence-electron chi connectivity index (χ3n) is 13.2. The Morgan fingerprint density at radius 3 is 1.21 bits per heavy atom. The molecule has 2 aromatic heterocycles. The Kier molecular flexibility index (Phi) is 8.85. The third-order valence-corrected chi connectivity index (χ3v) is 13.2. The van der Waals surface area contributed by atoms with E-state index in [1.54, 1.807) is 0 Å². The van der Waals surface area contributed by atoms with Crippen LogP contribution in [0.15, 0.2) is 237 Å². The van der Waals surface area contributed by atoms with E-state index >= 15 is 0 Å². The molecule has 0 aliphatic heterocycles. The summed E-state index contributed by atoms with van der Waals surface area (Å²) >= 11 is 0. The van der Waals surface area contributed by atoms with Crippen LogP contribution in [0.3, 0.4) is 0 Å². The standard InChI is InChI=1S/C63H39N3/c1-3-17-41(18-4-1)59-39-60(42-19-5-2-6-20-42)66-63(65-59)43-33-31-40(32-34-43)54-37-58-56(55-35-44-21-7-9-23-46(44)48-25-11-13-27-50(48)55)38-61(64-62(58)53-30-16-15-29-52(53)54)57-36-45-22-8-10-24-47(45)49-26-12-14-28-51(49)57/h1-39H. The molecular weight excluding hydrogens is 799 g/mol. The molecular formula is C63H39N3. The lowest BCUT2D eigenvalue weighted by Gasteiger charge is -2.18. The van der Waals surface area contributed by atoms with Crippen molar-refractivity contribution in [3.8, 4) is 67.4 Å². The van der Waals surface area contributed by atoms with Gasteiger partial charge in [0.1, 0.15) is 0 Å². The lowest BCUT2D eigenvalue weighted by atomic mass is 9.87. The average Bonchev–Trinajstić information content (AvgIpc) is 3.40. The van der Waals surface area contributed by atoms with Gasteiger partial charge in [0.25, 0.3) is 0 Å². The number of pyridine rings is 1. The van der Waals surface area contributed by atoms with Gasteiger partial charge in [0.2, 0.25) is 0 Å². The van der Waals surface area contributed by atoms with Gasteiger partial charge in [-0.25, -0.2) is 15.0 Å². The van der Waals surface area contributed by atoms with Crippen molar-refractivity contribution in [3.63, 3.8) is 0 Å². The van der Waals surface area contributed by atoms with E-state index in [4.69, 9.17) is 15.0 Å². The molecule has 306 valence electrons. The van der Waals surface area contributed by atoms with Gasteiger partial charge in [-0.15, -0.1) is 0 Å². The van der Waals surface area contributed by atoms with Crippen molar-refractivity contribution in [2.24, 2.45) is 0 Å². The largest absolute Gasteiger partial charge is 0.247 e. The second-order valence-electron chi connectivity index (χ2n) is 17.1. The minimum Gasteiger partial charge on any atom is -0.247 e. The smallest absolute Gasteiger partial charge is 0.160 e. The quantitative estimate of drug-likeness (QED) is 0.157. The van der Waals surface area contributed by atoms with Gasteiger partial charge in [0, 0.05) is 33.0 Å². The fraction of sp³-hybridized carbons (Fsp3) is 0. The molecule has 13 aromatic rings. The first-order valence-corrected chi connectivity index (χ1v) is 22.5. The van der Waals surface area contributed by atoms with Gasteiger partial charge in [-0.05, 0) is 101 Å². The van der Waals surface area contributed by atoms with Gasteiger partial charge in [-0.3, -0.25) is 0 Å². The van der Waals surface area contributed by atoms with E-state index in [0.717, 1.165) is 77.7 Å². The number of hydrogen-bond acceptors (Lipinski definition) is 3. The summed E-state index contributed by atoms with van der Waals surface area (Å²) in [6, 6.07) is 84.7. The number of benzene rings is 11. The highest BCUT2D eigenvalue weighted by Gasteiger charge is 2.20. The number of fused-ring (bicyclic) bond motifs is 9. The van der Waals surface area contributed by atoms with E-state index in [1.165, 1.54) is 48.7 Å². The van der Waals surface area contributed by atoms with Crippen LogP contribution in [-0.4, -0.2) is 15.0 Å². The van der Waals surface area contributed by atoms with Crippen molar-refractivity contribution in [3.05, 3.63) is 237 Å². The first-order chi connectivity index (χ1) is 32.7. The second-order valence-corrected chi connectivity index (χ2v) is 17.1. The summed E-state index contributed by atoms with van der Waals surface area (Å²) in [6.07, 6.45) is 0. The summed E-state index contributed by atoms with van der Waals surface area (Å²) in [5.41, 5.74) is 12.5. The zero-order valence-corrected chi connectivity index (χ0v) is 35.9. The normalized spacial score (nSPS) is 11.6. The Bertz CT molecular complexity index is 3970. The molecule has 0 amide bonds. The predicted molar refractivity (Wildman–Crippen MR) is 277 cm³/mol. The van der Waals surface area contributed by atoms with E-state index in [2.05, 4.69) is 224 Å². The summed E-state index contributed by atoms with van der Waals surface area (Å²) < 4.78 is 0. The second kappa shape index (κ2) is 15.5. The Labute approximate surface area is 382 Å². The maximum absolute atomic E-state index is 5.70. The molecule has 0 radical (unpaired) electrons. The summed E-state index contributed by atoms with van der Waals surface area (Å²) in [4.78, 5) is 16.0. The molecule has 0 N–H and O–H groups in total. The lowest BCUT2D eigenvalue weighted by molar-refractivity contribution is 1.18. The van der Waals surface area contributed by atoms with E-state index in [0.29, 0.717) is 5.82 Å². The molecule has 0 atom stereocenters. The van der Waals surface area contributed by atoms with Gasteiger partial charge < -0.3 is 0 Å². The molecule has 0 saturated heterocycles. The molecule has 11 aromatic carbocycles. The van der Waals surface area contributed by atoms with Crippen LogP contribution in [0.4, 0.5) is 0 Å². The van der Waals surface area contributed by atoms with Crippen molar-refractivity contribution in [1.82, 2.24) is 15.0 Å². The monoisotopic (exact) mass is 837 g/mol. The summed E-state index contributed by atoms with van der Waals surface area (Å²) in [6.45, 7) is 0. The Morgan fingerprint density at radius 2 is 0.636 bits per heavy atom. The highest BCUT2D eigenvalue weighted by Crippen LogP contribution is 2.45. The van der Waals surface area contributed by atoms with E-state index in [1.807, 2.05) is 12.1 Å². The molecule has 66 heavy (non-hydrogen) atoms. The average molecular weight is 838 g/mol. The Morgan fingerprint density at radius 1 is 0.212 bits per heavy atom. The highest BCUT2D eigenvalue weighted by molar-refractivity contribution is 6.21. The van der Waals surface area contributed by atoms with Gasteiger partial charge in [-0.2, -0.15) is 0 Å². The lowest BCUT2D eigenvalue weighted by Crippen LogP contribution is -1.96. The predicted octanol–water partition coefficient (Wildman–Crippen LogP) is 16.8. The topological polar surface area (TPSA) is 38.7 Å². The van der Waals surface area contributed by atoms with Crippen LogP contribution < -0.4 is 0 Å². The highest BCUT2D eigenvalue weighted by atomic mass is 14.9. The molecule has 0 saturated carbocycles.